The van der Waals surface area contributed by atoms with Crippen LogP contribution in [0.15, 0.2) is 46.9 Å². The molecular weight excluding hydrogens is 370 g/mol. The maximum Gasteiger partial charge on any atom is 0.337 e. The Bertz CT molecular complexity index is 646. The first-order valence-electron chi connectivity index (χ1n) is 6.71. The molecule has 22 heavy (non-hydrogen) atoms. The number of ether oxygens (including phenoxy) is 1. The minimum absolute atomic E-state index is 0.168. The van der Waals surface area contributed by atoms with Crippen molar-refractivity contribution in [2.75, 3.05) is 18.5 Å². The average molecular weight is 385 g/mol. The van der Waals surface area contributed by atoms with Gasteiger partial charge in [0.2, 0.25) is 0 Å². The molecule has 116 valence electrons. The molecule has 0 aliphatic rings. The van der Waals surface area contributed by atoms with E-state index in [0.29, 0.717) is 23.9 Å². The Kier molecular flexibility index (Phi) is 6.10. The lowest BCUT2D eigenvalue weighted by Gasteiger charge is -2.10. The van der Waals surface area contributed by atoms with Crippen LogP contribution in [0.1, 0.15) is 16.8 Å². The molecular formula is C16H15BrClNO3. The monoisotopic (exact) mass is 383 g/mol. The summed E-state index contributed by atoms with van der Waals surface area (Å²) in [5.74, 6) is -0.197. The van der Waals surface area contributed by atoms with Gasteiger partial charge in [0, 0.05) is 21.7 Å². The maximum absolute atomic E-state index is 11.1. The van der Waals surface area contributed by atoms with Gasteiger partial charge in [0.1, 0.15) is 5.75 Å². The first-order chi connectivity index (χ1) is 10.6. The molecule has 0 amide bonds. The normalized spacial score (nSPS) is 10.3. The van der Waals surface area contributed by atoms with Crippen LogP contribution in [0.4, 0.5) is 5.69 Å². The second-order valence-electron chi connectivity index (χ2n) is 4.58. The Labute approximate surface area is 142 Å². The van der Waals surface area contributed by atoms with Crippen molar-refractivity contribution in [1.82, 2.24) is 0 Å². The van der Waals surface area contributed by atoms with Crippen molar-refractivity contribution in [3.8, 4) is 5.75 Å². The number of anilines is 1. The van der Waals surface area contributed by atoms with E-state index in [2.05, 4.69) is 21.2 Å². The van der Waals surface area contributed by atoms with Crippen LogP contribution in [0.25, 0.3) is 0 Å². The fourth-order valence-electron chi connectivity index (χ4n) is 1.86. The molecule has 0 aromatic heterocycles. The minimum atomic E-state index is -1.00. The Morgan fingerprint density at radius 2 is 1.95 bits per heavy atom. The number of benzene rings is 2. The van der Waals surface area contributed by atoms with Gasteiger partial charge in [-0.25, -0.2) is 4.79 Å². The summed E-state index contributed by atoms with van der Waals surface area (Å²) in [4.78, 5) is 11.1. The zero-order chi connectivity index (χ0) is 15.9. The van der Waals surface area contributed by atoms with Crippen LogP contribution >= 0.6 is 27.5 Å². The highest BCUT2D eigenvalue weighted by molar-refractivity contribution is 9.10. The highest BCUT2D eigenvalue weighted by Gasteiger charge is 2.10. The van der Waals surface area contributed by atoms with Crippen molar-refractivity contribution in [1.29, 1.82) is 0 Å². The van der Waals surface area contributed by atoms with Gasteiger partial charge in [-0.15, -0.1) is 0 Å². The molecule has 0 bridgehead atoms. The number of carbonyl (C=O) groups is 1. The van der Waals surface area contributed by atoms with Crippen molar-refractivity contribution >= 4 is 39.2 Å². The Hall–Kier alpha value is -1.72. The lowest BCUT2D eigenvalue weighted by molar-refractivity contribution is 0.0698. The number of nitrogens with one attached hydrogen (secondary N) is 1. The standard InChI is InChI=1S/C16H15BrClNO3/c17-11-2-5-13(6-3-11)22-9-1-8-19-15-7-4-12(18)10-14(15)16(20)21/h2-7,10,19H,1,8-9H2,(H,20,21). The lowest BCUT2D eigenvalue weighted by atomic mass is 10.2. The summed E-state index contributed by atoms with van der Waals surface area (Å²) in [5, 5.41) is 12.6. The molecule has 0 radical (unpaired) electrons. The summed E-state index contributed by atoms with van der Waals surface area (Å²) in [6.45, 7) is 1.16. The topological polar surface area (TPSA) is 58.6 Å². The van der Waals surface area contributed by atoms with Crippen LogP contribution in [0, 0.1) is 0 Å². The number of carboxylic acids is 1. The van der Waals surface area contributed by atoms with E-state index < -0.39 is 5.97 Å². The van der Waals surface area contributed by atoms with Crippen molar-refractivity contribution in [3.05, 3.63) is 57.5 Å². The molecule has 2 rings (SSSR count). The van der Waals surface area contributed by atoms with Gasteiger partial charge in [0.05, 0.1) is 12.2 Å². The van der Waals surface area contributed by atoms with E-state index in [1.54, 1.807) is 12.1 Å². The fraction of sp³-hybridized carbons (Fsp3) is 0.188. The van der Waals surface area contributed by atoms with Crippen LogP contribution in [-0.4, -0.2) is 24.2 Å². The zero-order valence-corrected chi connectivity index (χ0v) is 14.0. The summed E-state index contributed by atoms with van der Waals surface area (Å²) in [5.41, 5.74) is 0.724. The number of hydrogen-bond acceptors (Lipinski definition) is 3. The van der Waals surface area contributed by atoms with Gasteiger partial charge in [-0.05, 0) is 48.9 Å². The Morgan fingerprint density at radius 1 is 1.23 bits per heavy atom. The van der Waals surface area contributed by atoms with Crippen LogP contribution in [0.5, 0.6) is 5.75 Å². The van der Waals surface area contributed by atoms with Gasteiger partial charge in [0.25, 0.3) is 0 Å². The van der Waals surface area contributed by atoms with Crippen LogP contribution in [0.3, 0.4) is 0 Å². The molecule has 0 heterocycles. The second-order valence-corrected chi connectivity index (χ2v) is 5.93. The largest absolute Gasteiger partial charge is 0.494 e. The molecule has 2 aromatic rings. The van der Waals surface area contributed by atoms with Gasteiger partial charge in [-0.3, -0.25) is 0 Å². The molecule has 0 unspecified atom stereocenters. The SMILES string of the molecule is O=C(O)c1cc(Cl)ccc1NCCCOc1ccc(Br)cc1. The van der Waals surface area contributed by atoms with Gasteiger partial charge in [-0.2, -0.15) is 0 Å². The molecule has 6 heteroatoms. The van der Waals surface area contributed by atoms with E-state index in [1.807, 2.05) is 24.3 Å². The van der Waals surface area contributed by atoms with Crippen molar-refractivity contribution in [2.45, 2.75) is 6.42 Å². The quantitative estimate of drug-likeness (QED) is 0.680. The molecule has 0 saturated carbocycles. The third kappa shape index (κ3) is 4.93. The van der Waals surface area contributed by atoms with Crippen LogP contribution < -0.4 is 10.1 Å². The second kappa shape index (κ2) is 8.06. The van der Waals surface area contributed by atoms with Gasteiger partial charge in [-0.1, -0.05) is 27.5 Å². The van der Waals surface area contributed by atoms with E-state index in [9.17, 15) is 4.79 Å². The van der Waals surface area contributed by atoms with E-state index >= 15 is 0 Å². The number of hydrogen-bond donors (Lipinski definition) is 2. The summed E-state index contributed by atoms with van der Waals surface area (Å²) in [6.07, 6.45) is 0.748. The first kappa shape index (κ1) is 16.6. The van der Waals surface area contributed by atoms with Crippen molar-refractivity contribution in [3.63, 3.8) is 0 Å². The van der Waals surface area contributed by atoms with Gasteiger partial charge >= 0.3 is 5.97 Å². The minimum Gasteiger partial charge on any atom is -0.494 e. The van der Waals surface area contributed by atoms with Crippen LogP contribution in [-0.2, 0) is 0 Å². The number of halogens is 2. The van der Waals surface area contributed by atoms with Crippen molar-refractivity contribution in [2.24, 2.45) is 0 Å². The van der Waals surface area contributed by atoms with E-state index in [4.69, 9.17) is 21.4 Å². The molecule has 0 spiro atoms. The highest BCUT2D eigenvalue weighted by atomic mass is 79.9. The number of aromatic carboxylic acids is 1. The number of rotatable bonds is 7. The lowest BCUT2D eigenvalue weighted by Crippen LogP contribution is -2.10. The zero-order valence-electron chi connectivity index (χ0n) is 11.7. The third-order valence-electron chi connectivity index (χ3n) is 2.93. The summed E-state index contributed by atoms with van der Waals surface area (Å²) in [6, 6.07) is 12.4. The highest BCUT2D eigenvalue weighted by Crippen LogP contribution is 2.21. The molecule has 0 fully saturated rings. The van der Waals surface area contributed by atoms with E-state index in [-0.39, 0.29) is 5.56 Å². The Balaban J connectivity index is 1.79. The number of carboxylic acid groups (broad SMARTS) is 1. The molecule has 0 aliphatic carbocycles. The Morgan fingerprint density at radius 3 is 2.64 bits per heavy atom. The average Bonchev–Trinajstić information content (AvgIpc) is 2.50. The van der Waals surface area contributed by atoms with Crippen molar-refractivity contribution < 1.29 is 14.6 Å². The predicted molar refractivity (Wildman–Crippen MR) is 91.2 cm³/mol. The maximum atomic E-state index is 11.1. The molecule has 0 saturated heterocycles. The molecule has 2 N–H and O–H groups in total. The molecule has 2 aromatic carbocycles. The summed E-state index contributed by atoms with van der Waals surface area (Å²) in [7, 11) is 0. The van der Waals surface area contributed by atoms with Gasteiger partial charge in [0.15, 0.2) is 0 Å². The van der Waals surface area contributed by atoms with E-state index in [1.165, 1.54) is 6.07 Å². The predicted octanol–water partition coefficient (Wildman–Crippen LogP) is 4.68. The molecule has 4 nitrogen and oxygen atoms in total. The van der Waals surface area contributed by atoms with Gasteiger partial charge < -0.3 is 15.2 Å². The molecule has 0 aliphatic heterocycles. The van der Waals surface area contributed by atoms with E-state index in [0.717, 1.165) is 16.6 Å². The third-order valence-corrected chi connectivity index (χ3v) is 3.69. The van der Waals surface area contributed by atoms with Crippen LogP contribution in [0.2, 0.25) is 5.02 Å². The summed E-state index contributed by atoms with van der Waals surface area (Å²) < 4.78 is 6.60. The summed E-state index contributed by atoms with van der Waals surface area (Å²) >= 11 is 9.17. The molecule has 0 atom stereocenters. The smallest absolute Gasteiger partial charge is 0.337 e. The fourth-order valence-corrected chi connectivity index (χ4v) is 2.30. The first-order valence-corrected chi connectivity index (χ1v) is 7.88.